The second kappa shape index (κ2) is 2.81. The van der Waals surface area contributed by atoms with Crippen LogP contribution in [0.5, 0.6) is 0 Å². The summed E-state index contributed by atoms with van der Waals surface area (Å²) < 4.78 is 1.42. The van der Waals surface area contributed by atoms with Gasteiger partial charge in [0.15, 0.2) is 0 Å². The molecule has 1 heterocycles. The van der Waals surface area contributed by atoms with Gasteiger partial charge in [0.2, 0.25) is 0 Å². The molecule has 0 unspecified atom stereocenters. The van der Waals surface area contributed by atoms with Crippen molar-refractivity contribution in [2.24, 2.45) is 0 Å². The predicted octanol–water partition coefficient (Wildman–Crippen LogP) is -2.02. The van der Waals surface area contributed by atoms with Crippen molar-refractivity contribution in [1.29, 1.82) is 0 Å². The minimum absolute atomic E-state index is 0.322. The number of aromatic nitrogens is 3. The lowest BCUT2D eigenvalue weighted by Gasteiger charge is -1.98. The smallest absolute Gasteiger partial charge is 0.422 e. The number of nitrogens with zero attached hydrogens (tertiary/aromatic N) is 3. The zero-order valence-electron chi connectivity index (χ0n) is 5.60. The molecule has 0 aliphatic carbocycles. The van der Waals surface area contributed by atoms with Crippen molar-refractivity contribution in [1.82, 2.24) is 15.0 Å². The molecule has 0 saturated heterocycles. The van der Waals surface area contributed by atoms with E-state index in [0.29, 0.717) is 12.1 Å². The van der Waals surface area contributed by atoms with Gasteiger partial charge < -0.3 is 10.0 Å². The maximum Gasteiger partial charge on any atom is 0.509 e. The number of aryl methyl sites for hydroxylation is 1. The number of hydrogen-bond acceptors (Lipinski definition) is 4. The van der Waals surface area contributed by atoms with Crippen LogP contribution in [0.3, 0.4) is 0 Å². The van der Waals surface area contributed by atoms with E-state index in [2.05, 4.69) is 10.3 Å². The molecule has 0 aromatic carbocycles. The molecule has 2 N–H and O–H groups in total. The zero-order valence-corrected chi connectivity index (χ0v) is 5.60. The van der Waals surface area contributed by atoms with Crippen molar-refractivity contribution < 1.29 is 10.0 Å². The van der Waals surface area contributed by atoms with Crippen LogP contribution in [0.1, 0.15) is 6.92 Å². The van der Waals surface area contributed by atoms with E-state index in [0.717, 1.165) is 0 Å². The molecule has 0 fully saturated rings. The lowest BCUT2D eigenvalue weighted by Crippen LogP contribution is -2.36. The van der Waals surface area contributed by atoms with Crippen molar-refractivity contribution in [3.8, 4) is 0 Å². The van der Waals surface area contributed by atoms with E-state index in [1.54, 1.807) is 0 Å². The molecule has 1 aromatic rings. The molecule has 0 aliphatic heterocycles. The summed E-state index contributed by atoms with van der Waals surface area (Å²) in [5.41, 5.74) is 0.322. The molecular weight excluding hydrogens is 133 g/mol. The summed E-state index contributed by atoms with van der Waals surface area (Å²) in [4.78, 5) is 0. The average molecular weight is 141 g/mol. The molecule has 6 heteroatoms. The molecule has 1 rings (SSSR count). The van der Waals surface area contributed by atoms with Crippen molar-refractivity contribution >= 4 is 12.7 Å². The number of rotatable bonds is 2. The van der Waals surface area contributed by atoms with Crippen LogP contribution < -0.4 is 5.59 Å². The van der Waals surface area contributed by atoms with Gasteiger partial charge in [-0.25, -0.2) is 0 Å². The Morgan fingerprint density at radius 3 is 2.80 bits per heavy atom. The van der Waals surface area contributed by atoms with E-state index in [4.69, 9.17) is 10.0 Å². The summed E-state index contributed by atoms with van der Waals surface area (Å²) in [6.45, 7) is 2.44. The molecule has 0 aliphatic rings. The van der Waals surface area contributed by atoms with Crippen LogP contribution in [-0.2, 0) is 6.54 Å². The first-order valence-electron chi connectivity index (χ1n) is 3.00. The molecule has 0 saturated carbocycles. The minimum Gasteiger partial charge on any atom is -0.422 e. The Morgan fingerprint density at radius 2 is 2.40 bits per heavy atom. The van der Waals surface area contributed by atoms with E-state index in [1.807, 2.05) is 6.92 Å². The molecule has 0 bridgehead atoms. The van der Waals surface area contributed by atoms with Gasteiger partial charge >= 0.3 is 7.12 Å². The maximum atomic E-state index is 8.68. The van der Waals surface area contributed by atoms with Crippen LogP contribution in [0.2, 0.25) is 0 Å². The summed E-state index contributed by atoms with van der Waals surface area (Å²) in [6.07, 6.45) is 1.33. The average Bonchev–Trinajstić information content (AvgIpc) is 2.33. The second-order valence-electron chi connectivity index (χ2n) is 1.85. The molecule has 0 radical (unpaired) electrons. The third kappa shape index (κ3) is 1.17. The molecule has 1 aromatic heterocycles. The lowest BCUT2D eigenvalue weighted by atomic mass is 9.87. The highest BCUT2D eigenvalue weighted by molar-refractivity contribution is 6.57. The van der Waals surface area contributed by atoms with Crippen LogP contribution in [0.25, 0.3) is 0 Å². The fourth-order valence-corrected chi connectivity index (χ4v) is 0.711. The Kier molecular flexibility index (Phi) is 2.03. The second-order valence-corrected chi connectivity index (χ2v) is 1.85. The van der Waals surface area contributed by atoms with Gasteiger partial charge in [0, 0.05) is 6.54 Å². The monoisotopic (exact) mass is 141 g/mol. The Labute approximate surface area is 58.4 Å². The van der Waals surface area contributed by atoms with Crippen LogP contribution in [0.4, 0.5) is 0 Å². The molecular formula is C4H8BN3O2. The fourth-order valence-electron chi connectivity index (χ4n) is 0.711. The maximum absolute atomic E-state index is 8.68. The van der Waals surface area contributed by atoms with E-state index in [9.17, 15) is 0 Å². The van der Waals surface area contributed by atoms with Crippen LogP contribution in [0, 0.1) is 0 Å². The molecule has 5 nitrogen and oxygen atoms in total. The van der Waals surface area contributed by atoms with Crippen molar-refractivity contribution in [2.45, 2.75) is 13.5 Å². The first kappa shape index (κ1) is 7.23. The Bertz CT molecular complexity index is 212. The van der Waals surface area contributed by atoms with Crippen molar-refractivity contribution in [2.75, 3.05) is 0 Å². The van der Waals surface area contributed by atoms with Gasteiger partial charge in [-0.05, 0) is 6.92 Å². The minimum atomic E-state index is -1.48. The quantitative estimate of drug-likeness (QED) is 0.466. The van der Waals surface area contributed by atoms with Gasteiger partial charge in [-0.2, -0.15) is 0 Å². The Balaban J connectivity index is 2.90. The van der Waals surface area contributed by atoms with Gasteiger partial charge in [0.25, 0.3) is 0 Å². The predicted molar refractivity (Wildman–Crippen MR) is 35.5 cm³/mol. The SMILES string of the molecule is CCn1nncc1B(O)O. The Hall–Kier alpha value is -0.875. The molecule has 10 heavy (non-hydrogen) atoms. The molecule has 0 amide bonds. The summed E-state index contributed by atoms with van der Waals surface area (Å²) in [5, 5.41) is 24.5. The van der Waals surface area contributed by atoms with Gasteiger partial charge in [-0.3, -0.25) is 4.68 Å². The summed E-state index contributed by atoms with van der Waals surface area (Å²) in [7, 11) is -1.48. The fraction of sp³-hybridized carbons (Fsp3) is 0.500. The van der Waals surface area contributed by atoms with Gasteiger partial charge in [-0.15, -0.1) is 5.10 Å². The van der Waals surface area contributed by atoms with E-state index in [1.165, 1.54) is 10.9 Å². The number of hydrogen-bond donors (Lipinski definition) is 2. The topological polar surface area (TPSA) is 71.2 Å². The molecule has 0 spiro atoms. The largest absolute Gasteiger partial charge is 0.509 e. The first-order chi connectivity index (χ1) is 4.75. The zero-order chi connectivity index (χ0) is 7.56. The molecule has 0 atom stereocenters. The summed E-state index contributed by atoms with van der Waals surface area (Å²) in [5.74, 6) is 0. The van der Waals surface area contributed by atoms with Gasteiger partial charge in [0.05, 0.1) is 11.8 Å². The summed E-state index contributed by atoms with van der Waals surface area (Å²) >= 11 is 0. The molecule has 54 valence electrons. The third-order valence-corrected chi connectivity index (χ3v) is 1.21. The van der Waals surface area contributed by atoms with Crippen LogP contribution in [-0.4, -0.2) is 32.2 Å². The highest BCUT2D eigenvalue weighted by atomic mass is 16.4. The highest BCUT2D eigenvalue weighted by Gasteiger charge is 2.16. The van der Waals surface area contributed by atoms with Gasteiger partial charge in [0.1, 0.15) is 0 Å². The van der Waals surface area contributed by atoms with Crippen LogP contribution in [0.15, 0.2) is 6.20 Å². The Morgan fingerprint density at radius 1 is 1.70 bits per heavy atom. The lowest BCUT2D eigenvalue weighted by molar-refractivity contribution is 0.420. The van der Waals surface area contributed by atoms with E-state index >= 15 is 0 Å². The normalized spacial score (nSPS) is 9.90. The van der Waals surface area contributed by atoms with E-state index < -0.39 is 7.12 Å². The van der Waals surface area contributed by atoms with Gasteiger partial charge in [-0.1, -0.05) is 5.21 Å². The first-order valence-corrected chi connectivity index (χ1v) is 3.00. The highest BCUT2D eigenvalue weighted by Crippen LogP contribution is 1.78. The standard InChI is InChI=1S/C4H8BN3O2/c1-2-8-4(5(9)10)3-6-7-8/h3,9-10H,2H2,1H3. The third-order valence-electron chi connectivity index (χ3n) is 1.21. The summed E-state index contributed by atoms with van der Waals surface area (Å²) in [6, 6.07) is 0. The van der Waals surface area contributed by atoms with Crippen LogP contribution >= 0.6 is 0 Å². The van der Waals surface area contributed by atoms with E-state index in [-0.39, 0.29) is 0 Å². The van der Waals surface area contributed by atoms with Crippen molar-refractivity contribution in [3.05, 3.63) is 6.20 Å². The van der Waals surface area contributed by atoms with Crippen molar-refractivity contribution in [3.63, 3.8) is 0 Å².